The van der Waals surface area contributed by atoms with E-state index in [1.54, 1.807) is 18.1 Å². The zero-order chi connectivity index (χ0) is 24.4. The average molecular weight is 495 g/mol. The van der Waals surface area contributed by atoms with Crippen molar-refractivity contribution in [1.29, 1.82) is 0 Å². The number of halogens is 1. The molecular weight excluding hydrogens is 464 g/mol. The molecule has 2 aromatic heterocycles. The van der Waals surface area contributed by atoms with Gasteiger partial charge in [-0.15, -0.1) is 0 Å². The number of nitrogens with zero attached hydrogens (tertiary/aromatic N) is 6. The van der Waals surface area contributed by atoms with Gasteiger partial charge in [0.25, 0.3) is 0 Å². The van der Waals surface area contributed by atoms with Gasteiger partial charge in [0.1, 0.15) is 17.3 Å². The largest absolute Gasteiger partial charge is 0.495 e. The molecule has 1 aliphatic heterocycles. The molecule has 1 saturated heterocycles. The van der Waals surface area contributed by atoms with Crippen LogP contribution in [0.15, 0.2) is 42.6 Å². The third-order valence-corrected chi connectivity index (χ3v) is 6.99. The van der Waals surface area contributed by atoms with Crippen LogP contribution in [0, 0.1) is 0 Å². The lowest BCUT2D eigenvalue weighted by Crippen LogP contribution is -2.44. The Kier molecular flexibility index (Phi) is 7.04. The molecule has 1 atom stereocenters. The molecule has 0 N–H and O–H groups in total. The lowest BCUT2D eigenvalue weighted by atomic mass is 10.1. The first-order chi connectivity index (χ1) is 17.0. The highest BCUT2D eigenvalue weighted by molar-refractivity contribution is 6.32. The summed E-state index contributed by atoms with van der Waals surface area (Å²) < 4.78 is 13.2. The minimum absolute atomic E-state index is 0.380. The number of benzene rings is 2. The smallest absolute Gasteiger partial charge is 0.137 e. The second-order valence-electron chi connectivity index (χ2n) is 9.03. The van der Waals surface area contributed by atoms with Gasteiger partial charge in [-0.05, 0) is 43.2 Å². The molecule has 0 unspecified atom stereocenters. The van der Waals surface area contributed by atoms with E-state index in [0.717, 1.165) is 79.4 Å². The minimum atomic E-state index is 0.380. The van der Waals surface area contributed by atoms with E-state index >= 15 is 0 Å². The van der Waals surface area contributed by atoms with E-state index in [-0.39, 0.29) is 0 Å². The first-order valence-electron chi connectivity index (χ1n) is 12.0. The minimum Gasteiger partial charge on any atom is -0.495 e. The van der Waals surface area contributed by atoms with E-state index in [1.165, 1.54) is 0 Å². The molecule has 1 fully saturated rings. The first-order valence-corrected chi connectivity index (χ1v) is 12.4. The van der Waals surface area contributed by atoms with Crippen LogP contribution in [0.2, 0.25) is 5.02 Å². The molecule has 0 radical (unpaired) electrons. The van der Waals surface area contributed by atoms with E-state index in [2.05, 4.69) is 50.9 Å². The molecule has 0 bridgehead atoms. The summed E-state index contributed by atoms with van der Waals surface area (Å²) in [4.78, 5) is 9.16. The van der Waals surface area contributed by atoms with Crippen LogP contribution in [0.25, 0.3) is 22.3 Å². The third-order valence-electron chi connectivity index (χ3n) is 6.69. The second kappa shape index (κ2) is 10.4. The Labute approximate surface area is 210 Å². The topological polar surface area (TPSA) is 70.2 Å². The maximum atomic E-state index is 6.36. The van der Waals surface area contributed by atoms with Gasteiger partial charge in [-0.3, -0.25) is 4.90 Å². The Morgan fingerprint density at radius 2 is 1.94 bits per heavy atom. The predicted octanol–water partition coefficient (Wildman–Crippen LogP) is 4.00. The molecule has 0 amide bonds. The fourth-order valence-electron chi connectivity index (χ4n) is 4.73. The predicted molar refractivity (Wildman–Crippen MR) is 137 cm³/mol. The van der Waals surface area contributed by atoms with Crippen molar-refractivity contribution in [2.45, 2.75) is 32.4 Å². The molecule has 35 heavy (non-hydrogen) atoms. The number of imidazole rings is 1. The van der Waals surface area contributed by atoms with Gasteiger partial charge in [-0.1, -0.05) is 23.7 Å². The van der Waals surface area contributed by atoms with Crippen molar-refractivity contribution in [3.63, 3.8) is 0 Å². The number of morpholine rings is 1. The number of hydrogen-bond acceptors (Lipinski definition) is 6. The van der Waals surface area contributed by atoms with Crippen molar-refractivity contribution in [2.24, 2.45) is 7.05 Å². The van der Waals surface area contributed by atoms with Crippen LogP contribution in [0.4, 0.5) is 0 Å². The molecule has 1 aliphatic rings. The summed E-state index contributed by atoms with van der Waals surface area (Å²) in [5.74, 6) is 1.77. The van der Waals surface area contributed by atoms with Crippen LogP contribution in [-0.2, 0) is 31.2 Å². The van der Waals surface area contributed by atoms with Gasteiger partial charge in [0.05, 0.1) is 42.6 Å². The molecule has 8 nitrogen and oxygen atoms in total. The van der Waals surface area contributed by atoms with Crippen molar-refractivity contribution >= 4 is 22.6 Å². The van der Waals surface area contributed by atoms with E-state index in [0.29, 0.717) is 16.8 Å². The van der Waals surface area contributed by atoms with Gasteiger partial charge < -0.3 is 14.0 Å². The summed E-state index contributed by atoms with van der Waals surface area (Å²) >= 11 is 6.36. The molecule has 9 heteroatoms. The quantitative estimate of drug-likeness (QED) is 0.369. The number of rotatable bonds is 8. The summed E-state index contributed by atoms with van der Waals surface area (Å²) in [5.41, 5.74) is 5.14. The average Bonchev–Trinajstić information content (AvgIpc) is 3.46. The summed E-state index contributed by atoms with van der Waals surface area (Å²) in [6, 6.07) is 12.7. The van der Waals surface area contributed by atoms with Crippen LogP contribution >= 0.6 is 11.6 Å². The molecule has 3 heterocycles. The lowest BCUT2D eigenvalue weighted by molar-refractivity contribution is 0.0170. The number of methoxy groups -OCH3 is 1. The first kappa shape index (κ1) is 23.8. The van der Waals surface area contributed by atoms with Crippen LogP contribution in [0.1, 0.15) is 18.3 Å². The fraction of sp³-hybridized carbons (Fsp3) is 0.423. The van der Waals surface area contributed by atoms with Crippen LogP contribution in [0.5, 0.6) is 5.75 Å². The van der Waals surface area contributed by atoms with Gasteiger partial charge in [0, 0.05) is 44.7 Å². The molecule has 5 rings (SSSR count). The Morgan fingerprint density at radius 3 is 2.66 bits per heavy atom. The number of aromatic nitrogens is 5. The molecule has 184 valence electrons. The summed E-state index contributed by atoms with van der Waals surface area (Å²) in [6.45, 7) is 6.68. The molecule has 0 saturated carbocycles. The van der Waals surface area contributed by atoms with Crippen molar-refractivity contribution < 1.29 is 9.47 Å². The maximum absolute atomic E-state index is 6.36. The normalized spacial score (nSPS) is 15.5. The van der Waals surface area contributed by atoms with Crippen molar-refractivity contribution in [1.82, 2.24) is 29.4 Å². The number of hydrogen-bond donors (Lipinski definition) is 0. The number of ether oxygens (including phenoxy) is 2. The van der Waals surface area contributed by atoms with Crippen LogP contribution in [-0.4, -0.2) is 68.9 Å². The van der Waals surface area contributed by atoms with Crippen LogP contribution in [0.3, 0.4) is 0 Å². The monoisotopic (exact) mass is 494 g/mol. The van der Waals surface area contributed by atoms with Crippen molar-refractivity contribution in [3.8, 4) is 17.0 Å². The SMILES string of the molecule is COc1ccc(CCc2nc3cc(-c4cnn(C)n4)ccc3n2C[C@H](C)N2CCOCC2)cc1Cl. The zero-order valence-corrected chi connectivity index (χ0v) is 21.2. The second-order valence-corrected chi connectivity index (χ2v) is 9.43. The molecular formula is C26H31ClN6O2. The van der Waals surface area contributed by atoms with Gasteiger partial charge in [-0.2, -0.15) is 15.0 Å². The third kappa shape index (κ3) is 5.19. The fourth-order valence-corrected chi connectivity index (χ4v) is 5.01. The van der Waals surface area contributed by atoms with Crippen molar-refractivity contribution in [2.75, 3.05) is 33.4 Å². The number of aryl methyl sites for hydroxylation is 3. The summed E-state index contributed by atoms with van der Waals surface area (Å²) in [7, 11) is 3.46. The zero-order valence-electron chi connectivity index (χ0n) is 20.4. The molecule has 0 aliphatic carbocycles. The highest BCUT2D eigenvalue weighted by Crippen LogP contribution is 2.27. The van der Waals surface area contributed by atoms with Gasteiger partial charge in [0.2, 0.25) is 0 Å². The summed E-state index contributed by atoms with van der Waals surface area (Å²) in [6.07, 6.45) is 3.44. The summed E-state index contributed by atoms with van der Waals surface area (Å²) in [5, 5.41) is 9.30. The van der Waals surface area contributed by atoms with Gasteiger partial charge in [-0.25, -0.2) is 4.98 Å². The Morgan fingerprint density at radius 1 is 1.11 bits per heavy atom. The Balaban J connectivity index is 1.45. The highest BCUT2D eigenvalue weighted by atomic mass is 35.5. The van der Waals surface area contributed by atoms with Crippen LogP contribution < -0.4 is 4.74 Å². The van der Waals surface area contributed by atoms with E-state index in [9.17, 15) is 0 Å². The van der Waals surface area contributed by atoms with E-state index < -0.39 is 0 Å². The lowest BCUT2D eigenvalue weighted by Gasteiger charge is -2.32. The maximum Gasteiger partial charge on any atom is 0.137 e. The van der Waals surface area contributed by atoms with E-state index in [4.69, 9.17) is 26.1 Å². The van der Waals surface area contributed by atoms with Gasteiger partial charge in [0.15, 0.2) is 0 Å². The molecule has 4 aromatic rings. The molecule has 0 spiro atoms. The molecule has 2 aromatic carbocycles. The van der Waals surface area contributed by atoms with E-state index in [1.807, 2.05) is 19.2 Å². The highest BCUT2D eigenvalue weighted by Gasteiger charge is 2.21. The van der Waals surface area contributed by atoms with Gasteiger partial charge >= 0.3 is 0 Å². The Hall–Kier alpha value is -2.94. The van der Waals surface area contributed by atoms with Crippen molar-refractivity contribution in [3.05, 3.63) is 59.0 Å². The standard InChI is InChI=1S/C26H31ClN6O2/c1-18(32-10-12-35-13-11-32)17-33-24-7-6-20(23-16-28-31(2)30-23)15-22(24)29-26(33)9-5-19-4-8-25(34-3)21(27)14-19/h4,6-8,14-16,18H,5,9-13,17H2,1-3H3/t18-/m0/s1. The number of fused-ring (bicyclic) bond motifs is 1. The Bertz CT molecular complexity index is 1310.